The maximum Gasteiger partial charge on any atom is 0.344 e. The molecule has 9 heteroatoms. The summed E-state index contributed by atoms with van der Waals surface area (Å²) in [6, 6.07) is 1.26. The molecule has 118 valence electrons. The van der Waals surface area contributed by atoms with Gasteiger partial charge in [0.2, 0.25) is 0 Å². The molecule has 0 radical (unpaired) electrons. The Bertz CT molecular complexity index is 633. The Hall–Kier alpha value is -1.25. The Morgan fingerprint density at radius 3 is 2.52 bits per heavy atom. The molecular formula is C12H13ClF2O5S. The van der Waals surface area contributed by atoms with Crippen LogP contribution >= 0.6 is 10.7 Å². The number of carbonyl (C=O) groups is 1. The number of benzene rings is 1. The molecule has 0 aliphatic heterocycles. The maximum absolute atomic E-state index is 13.9. The lowest BCUT2D eigenvalue weighted by Crippen LogP contribution is -2.22. The molecule has 0 saturated heterocycles. The lowest BCUT2D eigenvalue weighted by Gasteiger charge is -2.14. The zero-order chi connectivity index (χ0) is 16.2. The van der Waals surface area contributed by atoms with Crippen LogP contribution < -0.4 is 0 Å². The summed E-state index contributed by atoms with van der Waals surface area (Å²) in [6.45, 7) is 3.61. The summed E-state index contributed by atoms with van der Waals surface area (Å²) in [5.41, 5.74) is -1.11. The highest BCUT2D eigenvalue weighted by Gasteiger charge is 2.27. The Balaban J connectivity index is 3.10. The Labute approximate surface area is 125 Å². The number of rotatable bonds is 6. The molecule has 0 amide bonds. The second kappa shape index (κ2) is 7.15. The summed E-state index contributed by atoms with van der Waals surface area (Å²) in [6.07, 6.45) is -0.757. The molecule has 0 aliphatic carbocycles. The minimum Gasteiger partial charge on any atom is -0.456 e. The van der Waals surface area contributed by atoms with Gasteiger partial charge in [0.25, 0.3) is 9.05 Å². The van der Waals surface area contributed by atoms with Crippen molar-refractivity contribution in [1.82, 2.24) is 0 Å². The molecule has 0 bridgehead atoms. The van der Waals surface area contributed by atoms with E-state index in [1.807, 2.05) is 0 Å². The molecule has 1 unspecified atom stereocenters. The van der Waals surface area contributed by atoms with Gasteiger partial charge >= 0.3 is 5.97 Å². The first kappa shape index (κ1) is 17.8. The Kier molecular flexibility index (Phi) is 6.06. The third-order valence-electron chi connectivity index (χ3n) is 2.39. The average molecular weight is 343 g/mol. The van der Waals surface area contributed by atoms with E-state index in [2.05, 4.69) is 0 Å². The topological polar surface area (TPSA) is 69.7 Å². The van der Waals surface area contributed by atoms with Crippen LogP contribution in [0.2, 0.25) is 0 Å². The van der Waals surface area contributed by atoms with Gasteiger partial charge in [-0.15, -0.1) is 0 Å². The van der Waals surface area contributed by atoms with E-state index in [1.54, 1.807) is 6.92 Å². The Morgan fingerprint density at radius 2 is 2.00 bits per heavy atom. The molecule has 0 aliphatic rings. The van der Waals surface area contributed by atoms with Crippen molar-refractivity contribution in [2.24, 2.45) is 0 Å². The minimum absolute atomic E-state index is 0.0406. The molecule has 0 N–H and O–H groups in total. The Morgan fingerprint density at radius 1 is 1.38 bits per heavy atom. The van der Waals surface area contributed by atoms with Crippen LogP contribution in [0.4, 0.5) is 8.78 Å². The molecule has 5 nitrogen and oxygen atoms in total. The molecule has 1 atom stereocenters. The van der Waals surface area contributed by atoms with Crippen LogP contribution in [0.5, 0.6) is 0 Å². The van der Waals surface area contributed by atoms with E-state index >= 15 is 0 Å². The van der Waals surface area contributed by atoms with E-state index in [4.69, 9.17) is 20.2 Å². The average Bonchev–Trinajstić information content (AvgIpc) is 2.34. The van der Waals surface area contributed by atoms with Gasteiger partial charge in [-0.3, -0.25) is 0 Å². The van der Waals surface area contributed by atoms with Crippen molar-refractivity contribution in [2.45, 2.75) is 24.8 Å². The smallest absolute Gasteiger partial charge is 0.344 e. The molecule has 1 aromatic carbocycles. The van der Waals surface area contributed by atoms with Gasteiger partial charge < -0.3 is 9.47 Å². The van der Waals surface area contributed by atoms with Crippen LogP contribution in [-0.4, -0.2) is 33.7 Å². The maximum atomic E-state index is 13.9. The van der Waals surface area contributed by atoms with Crippen LogP contribution in [0.1, 0.15) is 24.2 Å². The van der Waals surface area contributed by atoms with Crippen molar-refractivity contribution >= 4 is 25.7 Å². The third kappa shape index (κ3) is 4.62. The van der Waals surface area contributed by atoms with Crippen LogP contribution in [0.15, 0.2) is 17.0 Å². The molecule has 0 aromatic heterocycles. The molecule has 21 heavy (non-hydrogen) atoms. The van der Waals surface area contributed by atoms with Gasteiger partial charge in [0.15, 0.2) is 5.82 Å². The lowest BCUT2D eigenvalue weighted by molar-refractivity contribution is 0.00354. The van der Waals surface area contributed by atoms with Crippen LogP contribution in [0.3, 0.4) is 0 Å². The van der Waals surface area contributed by atoms with Crippen molar-refractivity contribution in [3.8, 4) is 0 Å². The molecule has 0 spiro atoms. The fraction of sp³-hybridized carbons (Fsp3) is 0.417. The lowest BCUT2D eigenvalue weighted by atomic mass is 10.2. The monoisotopic (exact) mass is 342 g/mol. The van der Waals surface area contributed by atoms with Gasteiger partial charge in [0.1, 0.15) is 22.4 Å². The van der Waals surface area contributed by atoms with Crippen LogP contribution in [0, 0.1) is 11.6 Å². The molecule has 0 heterocycles. The highest BCUT2D eigenvalue weighted by atomic mass is 35.7. The van der Waals surface area contributed by atoms with Crippen molar-refractivity contribution in [2.75, 3.05) is 13.2 Å². The van der Waals surface area contributed by atoms with Crippen molar-refractivity contribution in [3.05, 3.63) is 29.3 Å². The van der Waals surface area contributed by atoms with E-state index in [9.17, 15) is 22.0 Å². The second-order valence-corrected chi connectivity index (χ2v) is 6.58. The zero-order valence-electron chi connectivity index (χ0n) is 11.2. The van der Waals surface area contributed by atoms with Crippen molar-refractivity contribution in [3.63, 3.8) is 0 Å². The number of hydrogen-bond donors (Lipinski definition) is 0. The summed E-state index contributed by atoms with van der Waals surface area (Å²) >= 11 is 0. The summed E-state index contributed by atoms with van der Waals surface area (Å²) in [5.74, 6) is -4.16. The first-order chi connectivity index (χ1) is 9.68. The van der Waals surface area contributed by atoms with Crippen LogP contribution in [0.25, 0.3) is 0 Å². The minimum atomic E-state index is -4.45. The van der Waals surface area contributed by atoms with Crippen molar-refractivity contribution in [1.29, 1.82) is 0 Å². The van der Waals surface area contributed by atoms with E-state index in [0.717, 1.165) is 0 Å². The summed E-state index contributed by atoms with van der Waals surface area (Å²) in [5, 5.41) is 0. The van der Waals surface area contributed by atoms with Crippen molar-refractivity contribution < 1.29 is 31.5 Å². The highest BCUT2D eigenvalue weighted by molar-refractivity contribution is 8.13. The largest absolute Gasteiger partial charge is 0.456 e. The standard InChI is InChI=1S/C12H13ClF2O5S/c1-3-19-6-7(2)20-12(16)10-8(14)4-5-9(11(10)15)21(13,17)18/h4-5,7H,3,6H2,1-2H3. The predicted octanol–water partition coefficient (Wildman–Crippen LogP) is 2.47. The van der Waals surface area contributed by atoms with E-state index in [-0.39, 0.29) is 6.61 Å². The van der Waals surface area contributed by atoms with E-state index in [1.165, 1.54) is 6.92 Å². The summed E-state index contributed by atoms with van der Waals surface area (Å²) < 4.78 is 59.6. The number of hydrogen-bond acceptors (Lipinski definition) is 5. The molecule has 1 rings (SSSR count). The predicted molar refractivity (Wildman–Crippen MR) is 70.8 cm³/mol. The molecule has 1 aromatic rings. The van der Waals surface area contributed by atoms with E-state index < -0.39 is 43.2 Å². The fourth-order valence-corrected chi connectivity index (χ4v) is 2.37. The van der Waals surface area contributed by atoms with Gasteiger partial charge in [0, 0.05) is 17.3 Å². The fourth-order valence-electron chi connectivity index (χ4n) is 1.47. The first-order valence-electron chi connectivity index (χ1n) is 5.89. The molecule has 0 fully saturated rings. The molecule has 0 saturated carbocycles. The summed E-state index contributed by atoms with van der Waals surface area (Å²) in [7, 11) is 0.554. The number of esters is 1. The summed E-state index contributed by atoms with van der Waals surface area (Å²) in [4.78, 5) is 10.8. The van der Waals surface area contributed by atoms with Crippen LogP contribution in [-0.2, 0) is 18.5 Å². The highest BCUT2D eigenvalue weighted by Crippen LogP contribution is 2.24. The van der Waals surface area contributed by atoms with Gasteiger partial charge in [-0.1, -0.05) is 0 Å². The zero-order valence-corrected chi connectivity index (χ0v) is 12.8. The number of carbonyl (C=O) groups excluding carboxylic acids is 1. The normalized spacial score (nSPS) is 13.0. The van der Waals surface area contributed by atoms with Gasteiger partial charge in [-0.2, -0.15) is 0 Å². The third-order valence-corrected chi connectivity index (χ3v) is 3.73. The quantitative estimate of drug-likeness (QED) is 0.586. The van der Waals surface area contributed by atoms with E-state index in [0.29, 0.717) is 18.7 Å². The van der Waals surface area contributed by atoms with Gasteiger partial charge in [0.05, 0.1) is 6.61 Å². The van der Waals surface area contributed by atoms with Gasteiger partial charge in [-0.05, 0) is 26.0 Å². The molecular weight excluding hydrogens is 330 g/mol. The SMILES string of the molecule is CCOCC(C)OC(=O)c1c(F)ccc(S(=O)(=O)Cl)c1F. The second-order valence-electron chi connectivity index (χ2n) is 4.05. The first-order valence-corrected chi connectivity index (χ1v) is 8.20. The van der Waals surface area contributed by atoms with Gasteiger partial charge in [-0.25, -0.2) is 22.0 Å². The number of ether oxygens (including phenoxy) is 2. The number of halogens is 3.